The Kier molecular flexibility index (Phi) is 6.50. The van der Waals surface area contributed by atoms with Gasteiger partial charge in [-0.3, -0.25) is 4.79 Å². The van der Waals surface area contributed by atoms with Crippen molar-refractivity contribution in [2.45, 2.75) is 0 Å². The molecule has 0 fully saturated rings. The van der Waals surface area contributed by atoms with E-state index in [9.17, 15) is 19.8 Å². The fourth-order valence-corrected chi connectivity index (χ4v) is 2.96. The number of benzene rings is 3. The number of ether oxygens (including phenoxy) is 1. The Balaban J connectivity index is 1.77. The lowest BCUT2D eigenvalue weighted by Gasteiger charge is -2.09. The smallest absolute Gasteiger partial charge is 0.352 e. The van der Waals surface area contributed by atoms with Crippen LogP contribution in [0.4, 0.5) is 0 Å². The number of rotatable bonds is 6. The molecule has 0 aliphatic carbocycles. The lowest BCUT2D eigenvalue weighted by Crippen LogP contribution is -2.27. The molecule has 1 amide bonds. The van der Waals surface area contributed by atoms with Crippen molar-refractivity contribution in [3.05, 3.63) is 93.2 Å². The number of aromatic hydroxyl groups is 1. The van der Waals surface area contributed by atoms with Crippen molar-refractivity contribution >= 4 is 40.5 Å². The van der Waals surface area contributed by atoms with Crippen LogP contribution < -0.4 is 10.1 Å². The zero-order valence-electron chi connectivity index (χ0n) is 15.0. The summed E-state index contributed by atoms with van der Waals surface area (Å²) in [5.41, 5.74) is 0.237. The van der Waals surface area contributed by atoms with Gasteiger partial charge < -0.3 is 20.3 Å². The van der Waals surface area contributed by atoms with Crippen molar-refractivity contribution in [3.63, 3.8) is 0 Å². The normalized spacial score (nSPS) is 11.0. The van der Waals surface area contributed by atoms with Gasteiger partial charge in [0.2, 0.25) is 0 Å². The van der Waals surface area contributed by atoms with Gasteiger partial charge in [0.15, 0.2) is 0 Å². The summed E-state index contributed by atoms with van der Waals surface area (Å²) in [6, 6.07) is 20.3. The van der Waals surface area contributed by atoms with Crippen molar-refractivity contribution in [2.24, 2.45) is 0 Å². The Hall–Kier alpha value is -3.33. The number of hydrogen-bond donors (Lipinski definition) is 3. The Labute approximate surface area is 180 Å². The molecule has 3 N–H and O–H groups in total. The van der Waals surface area contributed by atoms with Gasteiger partial charge in [0.1, 0.15) is 22.9 Å². The van der Waals surface area contributed by atoms with Crippen LogP contribution in [0.15, 0.2) is 78.5 Å². The molecule has 6 nitrogen and oxygen atoms in total. The van der Waals surface area contributed by atoms with Crippen molar-refractivity contribution < 1.29 is 24.5 Å². The molecule has 0 aliphatic rings. The lowest BCUT2D eigenvalue weighted by molar-refractivity contribution is -0.132. The van der Waals surface area contributed by atoms with Gasteiger partial charge in [-0.1, -0.05) is 36.4 Å². The highest BCUT2D eigenvalue weighted by Crippen LogP contribution is 2.26. The van der Waals surface area contributed by atoms with Gasteiger partial charge in [-0.25, -0.2) is 4.79 Å². The minimum atomic E-state index is -1.30. The third-order valence-corrected chi connectivity index (χ3v) is 4.77. The zero-order chi connectivity index (χ0) is 20.8. The quantitative estimate of drug-likeness (QED) is 0.338. The van der Waals surface area contributed by atoms with E-state index in [-0.39, 0.29) is 17.0 Å². The summed E-state index contributed by atoms with van der Waals surface area (Å²) in [5.74, 6) is -0.922. The van der Waals surface area contributed by atoms with E-state index in [0.29, 0.717) is 11.3 Å². The van der Waals surface area contributed by atoms with Gasteiger partial charge >= 0.3 is 5.97 Å². The second-order valence-electron chi connectivity index (χ2n) is 5.94. The van der Waals surface area contributed by atoms with E-state index in [4.69, 9.17) is 4.74 Å². The summed E-state index contributed by atoms with van der Waals surface area (Å²) in [5, 5.41) is 21.5. The van der Waals surface area contributed by atoms with E-state index in [2.05, 4.69) is 27.9 Å². The average molecular weight is 501 g/mol. The monoisotopic (exact) mass is 501 g/mol. The van der Waals surface area contributed by atoms with E-state index >= 15 is 0 Å². The highest BCUT2D eigenvalue weighted by atomic mass is 127. The number of amides is 1. The number of carboxylic acids is 1. The standard InChI is InChI=1S/C22H16INO5/c23-17-6-2-4-8-20(17)29-15-11-9-14(10-12-15)13-18(22(27)28)24-21(26)16-5-1-3-7-19(16)25/h1-13,25H,(H,24,26)(H,27,28)/b18-13+. The number of para-hydroxylation sites is 2. The molecule has 0 saturated heterocycles. The molecule has 0 saturated carbocycles. The number of aliphatic carboxylic acids is 1. The van der Waals surface area contributed by atoms with Crippen LogP contribution in [0.5, 0.6) is 17.2 Å². The molecular formula is C22H16INO5. The molecule has 146 valence electrons. The van der Waals surface area contributed by atoms with E-state index < -0.39 is 11.9 Å². The van der Waals surface area contributed by atoms with Crippen molar-refractivity contribution in [2.75, 3.05) is 0 Å². The van der Waals surface area contributed by atoms with Crippen molar-refractivity contribution in [1.82, 2.24) is 5.32 Å². The van der Waals surface area contributed by atoms with Gasteiger partial charge in [-0.05, 0) is 70.6 Å². The molecule has 7 heteroatoms. The van der Waals surface area contributed by atoms with Crippen LogP contribution in [0.1, 0.15) is 15.9 Å². The number of carbonyl (C=O) groups is 2. The molecule has 0 radical (unpaired) electrons. The molecule has 3 aromatic rings. The summed E-state index contributed by atoms with van der Waals surface area (Å²) in [4.78, 5) is 23.8. The third kappa shape index (κ3) is 5.35. The first-order valence-corrected chi connectivity index (χ1v) is 9.58. The molecule has 3 rings (SSSR count). The van der Waals surface area contributed by atoms with Crippen LogP contribution >= 0.6 is 22.6 Å². The van der Waals surface area contributed by atoms with E-state index in [1.165, 1.54) is 18.2 Å². The van der Waals surface area contributed by atoms with Crippen LogP contribution in [-0.2, 0) is 4.79 Å². The molecule has 29 heavy (non-hydrogen) atoms. The average Bonchev–Trinajstić information content (AvgIpc) is 2.70. The van der Waals surface area contributed by atoms with Crippen LogP contribution in [0, 0.1) is 3.57 Å². The number of carbonyl (C=O) groups excluding carboxylic acids is 1. The zero-order valence-corrected chi connectivity index (χ0v) is 17.2. The van der Waals surface area contributed by atoms with Gasteiger partial charge in [0.25, 0.3) is 5.91 Å². The predicted octanol–water partition coefficient (Wildman–Crippen LogP) is 4.64. The lowest BCUT2D eigenvalue weighted by atomic mass is 10.1. The summed E-state index contributed by atoms with van der Waals surface area (Å²) in [6.07, 6.45) is 1.33. The number of phenolic OH excluding ortho intramolecular Hbond substituents is 1. The molecular weight excluding hydrogens is 485 g/mol. The molecule has 0 bridgehead atoms. The van der Waals surface area contributed by atoms with E-state index in [1.54, 1.807) is 36.4 Å². The fourth-order valence-electron chi connectivity index (χ4n) is 2.46. The Morgan fingerprint density at radius 3 is 2.24 bits per heavy atom. The molecule has 0 spiro atoms. The number of phenols is 1. The second kappa shape index (κ2) is 9.24. The molecule has 0 atom stereocenters. The minimum Gasteiger partial charge on any atom is -0.507 e. The second-order valence-corrected chi connectivity index (χ2v) is 7.10. The van der Waals surface area contributed by atoms with Gasteiger partial charge in [0.05, 0.1) is 9.13 Å². The highest BCUT2D eigenvalue weighted by Gasteiger charge is 2.16. The Morgan fingerprint density at radius 2 is 1.59 bits per heavy atom. The SMILES string of the molecule is O=C(O)/C(=C\c1ccc(Oc2ccccc2I)cc1)NC(=O)c1ccccc1O. The van der Waals surface area contributed by atoms with E-state index in [1.807, 2.05) is 24.3 Å². The first kappa shape index (κ1) is 20.4. The van der Waals surface area contributed by atoms with Crippen LogP contribution in [0.25, 0.3) is 6.08 Å². The number of halogens is 1. The van der Waals surface area contributed by atoms with Gasteiger partial charge in [0, 0.05) is 0 Å². The van der Waals surface area contributed by atoms with Crippen LogP contribution in [-0.4, -0.2) is 22.1 Å². The maximum absolute atomic E-state index is 12.3. The van der Waals surface area contributed by atoms with Crippen molar-refractivity contribution in [1.29, 1.82) is 0 Å². The van der Waals surface area contributed by atoms with Crippen LogP contribution in [0.3, 0.4) is 0 Å². The van der Waals surface area contributed by atoms with Gasteiger partial charge in [-0.15, -0.1) is 0 Å². The molecule has 0 unspecified atom stereocenters. The van der Waals surface area contributed by atoms with Crippen molar-refractivity contribution in [3.8, 4) is 17.2 Å². The summed E-state index contributed by atoms with van der Waals surface area (Å²) < 4.78 is 6.78. The third-order valence-electron chi connectivity index (χ3n) is 3.88. The first-order valence-electron chi connectivity index (χ1n) is 8.51. The first-order chi connectivity index (χ1) is 13.9. The molecule has 0 aromatic heterocycles. The molecule has 3 aromatic carbocycles. The number of hydrogen-bond acceptors (Lipinski definition) is 4. The molecule has 0 aliphatic heterocycles. The van der Waals surface area contributed by atoms with Crippen LogP contribution in [0.2, 0.25) is 0 Å². The summed E-state index contributed by atoms with van der Waals surface area (Å²) in [7, 11) is 0. The number of nitrogens with one attached hydrogen (secondary N) is 1. The summed E-state index contributed by atoms with van der Waals surface area (Å²) in [6.45, 7) is 0. The maximum Gasteiger partial charge on any atom is 0.352 e. The Bertz CT molecular complexity index is 1080. The van der Waals surface area contributed by atoms with Gasteiger partial charge in [-0.2, -0.15) is 0 Å². The number of carboxylic acid groups (broad SMARTS) is 1. The predicted molar refractivity (Wildman–Crippen MR) is 117 cm³/mol. The highest BCUT2D eigenvalue weighted by molar-refractivity contribution is 14.1. The largest absolute Gasteiger partial charge is 0.507 e. The van der Waals surface area contributed by atoms with E-state index in [0.717, 1.165) is 9.32 Å². The molecule has 0 heterocycles. The summed E-state index contributed by atoms with van der Waals surface area (Å²) >= 11 is 2.18. The topological polar surface area (TPSA) is 95.9 Å². The minimum absolute atomic E-state index is 0.0131. The maximum atomic E-state index is 12.3. The fraction of sp³-hybridized carbons (Fsp3) is 0. The Morgan fingerprint density at radius 1 is 0.931 bits per heavy atom.